The number of aliphatic hydroxyl groups excluding tert-OH is 1. The van der Waals surface area contributed by atoms with Gasteiger partial charge in [-0.25, -0.2) is 9.18 Å². The molecule has 0 spiro atoms. The maximum atomic E-state index is 13.7. The maximum Gasteiger partial charge on any atom is 0.315 e. The molecule has 0 aliphatic rings. The van der Waals surface area contributed by atoms with Crippen molar-refractivity contribution in [1.29, 1.82) is 0 Å². The highest BCUT2D eigenvalue weighted by molar-refractivity contribution is 5.73. The fourth-order valence-electron chi connectivity index (χ4n) is 2.38. The van der Waals surface area contributed by atoms with Crippen molar-refractivity contribution in [3.63, 3.8) is 0 Å². The van der Waals surface area contributed by atoms with Gasteiger partial charge >= 0.3 is 6.03 Å². The van der Waals surface area contributed by atoms with Gasteiger partial charge in [-0.2, -0.15) is 0 Å². The van der Waals surface area contributed by atoms with E-state index in [1.54, 1.807) is 19.1 Å². The van der Waals surface area contributed by atoms with Crippen LogP contribution in [0.25, 0.3) is 0 Å². The standard InChI is InChI=1S/C17H28FN3O2/c1-12(7-13(2)22)9-19-17(23)20-10-14-5-6-16(18)15(8-14)11-21(3)4/h5-6,8,12-13,22H,7,9-11H2,1-4H3,(H2,19,20,23). The summed E-state index contributed by atoms with van der Waals surface area (Å²) in [5.74, 6) is -0.0304. The average molecular weight is 325 g/mol. The summed E-state index contributed by atoms with van der Waals surface area (Å²) in [7, 11) is 3.76. The van der Waals surface area contributed by atoms with Crippen molar-refractivity contribution in [1.82, 2.24) is 15.5 Å². The fraction of sp³-hybridized carbons (Fsp3) is 0.588. The molecule has 0 fully saturated rings. The molecule has 5 nitrogen and oxygen atoms in total. The van der Waals surface area contributed by atoms with Gasteiger partial charge < -0.3 is 20.6 Å². The summed E-state index contributed by atoms with van der Waals surface area (Å²) in [6.07, 6.45) is 0.274. The highest BCUT2D eigenvalue weighted by Gasteiger charge is 2.09. The van der Waals surface area contributed by atoms with Crippen LogP contribution in [0.15, 0.2) is 18.2 Å². The summed E-state index contributed by atoms with van der Waals surface area (Å²) in [5, 5.41) is 14.8. The molecule has 2 atom stereocenters. The topological polar surface area (TPSA) is 64.6 Å². The predicted octanol–water partition coefficient (Wildman–Crippen LogP) is 2.09. The number of carbonyl (C=O) groups is 1. The molecular weight excluding hydrogens is 297 g/mol. The van der Waals surface area contributed by atoms with Crippen LogP contribution in [0.5, 0.6) is 0 Å². The number of aliphatic hydroxyl groups is 1. The SMILES string of the molecule is CC(O)CC(C)CNC(=O)NCc1ccc(F)c(CN(C)C)c1. The first kappa shape index (κ1) is 19.4. The number of urea groups is 1. The summed E-state index contributed by atoms with van der Waals surface area (Å²) in [6.45, 7) is 5.07. The number of nitrogens with zero attached hydrogens (tertiary/aromatic N) is 1. The van der Waals surface area contributed by atoms with Crippen LogP contribution < -0.4 is 10.6 Å². The number of hydrogen-bond acceptors (Lipinski definition) is 3. The highest BCUT2D eigenvalue weighted by atomic mass is 19.1. The molecule has 0 heterocycles. The highest BCUT2D eigenvalue weighted by Crippen LogP contribution is 2.12. The van der Waals surface area contributed by atoms with E-state index in [0.29, 0.717) is 31.6 Å². The van der Waals surface area contributed by atoms with Crippen molar-refractivity contribution in [3.8, 4) is 0 Å². The molecule has 1 rings (SSSR count). The van der Waals surface area contributed by atoms with E-state index in [2.05, 4.69) is 10.6 Å². The monoisotopic (exact) mass is 325 g/mol. The largest absolute Gasteiger partial charge is 0.393 e. The Labute approximate surface area is 137 Å². The lowest BCUT2D eigenvalue weighted by atomic mass is 10.1. The average Bonchev–Trinajstić information content (AvgIpc) is 2.44. The third-order valence-corrected chi connectivity index (χ3v) is 3.40. The van der Waals surface area contributed by atoms with Crippen LogP contribution >= 0.6 is 0 Å². The van der Waals surface area contributed by atoms with Crippen LogP contribution in [-0.4, -0.2) is 42.8 Å². The van der Waals surface area contributed by atoms with Gasteiger partial charge in [0.2, 0.25) is 0 Å². The number of carbonyl (C=O) groups excluding carboxylic acids is 1. The minimum Gasteiger partial charge on any atom is -0.393 e. The van der Waals surface area contributed by atoms with Crippen LogP contribution in [0.1, 0.15) is 31.4 Å². The van der Waals surface area contributed by atoms with Crippen molar-refractivity contribution in [2.45, 2.75) is 39.5 Å². The van der Waals surface area contributed by atoms with Crippen LogP contribution in [0, 0.1) is 11.7 Å². The Morgan fingerprint density at radius 2 is 2.00 bits per heavy atom. The molecule has 0 saturated carbocycles. The summed E-state index contributed by atoms with van der Waals surface area (Å²) >= 11 is 0. The third-order valence-electron chi connectivity index (χ3n) is 3.40. The lowest BCUT2D eigenvalue weighted by Gasteiger charge is -2.15. The van der Waals surface area contributed by atoms with E-state index < -0.39 is 0 Å². The second-order valence-electron chi connectivity index (χ2n) is 6.42. The van der Waals surface area contributed by atoms with E-state index in [1.807, 2.05) is 25.9 Å². The first-order chi connectivity index (χ1) is 10.8. The summed E-state index contributed by atoms with van der Waals surface area (Å²) in [6, 6.07) is 4.61. The second-order valence-corrected chi connectivity index (χ2v) is 6.42. The molecular formula is C17H28FN3O2. The number of rotatable bonds is 8. The first-order valence-electron chi connectivity index (χ1n) is 7.89. The second kappa shape index (κ2) is 9.47. The van der Waals surface area contributed by atoms with Gasteiger partial charge in [0, 0.05) is 25.2 Å². The Balaban J connectivity index is 2.44. The first-order valence-corrected chi connectivity index (χ1v) is 7.89. The van der Waals surface area contributed by atoms with Gasteiger partial charge in [-0.15, -0.1) is 0 Å². The molecule has 6 heteroatoms. The predicted molar refractivity (Wildman–Crippen MR) is 89.5 cm³/mol. The summed E-state index contributed by atoms with van der Waals surface area (Å²) in [5.41, 5.74) is 1.47. The molecule has 0 bridgehead atoms. The van der Waals surface area contributed by atoms with Gasteiger partial charge in [-0.3, -0.25) is 0 Å². The Bertz CT molecular complexity index is 507. The number of nitrogens with one attached hydrogen (secondary N) is 2. The Kier molecular flexibility index (Phi) is 7.98. The molecule has 0 aliphatic heterocycles. The van der Waals surface area contributed by atoms with E-state index in [4.69, 9.17) is 0 Å². The zero-order chi connectivity index (χ0) is 17.4. The van der Waals surface area contributed by atoms with Gasteiger partial charge in [0.1, 0.15) is 5.82 Å². The smallest absolute Gasteiger partial charge is 0.315 e. The van der Waals surface area contributed by atoms with Crippen molar-refractivity contribution < 1.29 is 14.3 Å². The minimum absolute atomic E-state index is 0.207. The Morgan fingerprint density at radius 1 is 1.30 bits per heavy atom. The third kappa shape index (κ3) is 7.95. The molecule has 2 unspecified atom stereocenters. The van der Waals surface area contributed by atoms with Crippen LogP contribution in [0.3, 0.4) is 0 Å². The number of amides is 2. The van der Waals surface area contributed by atoms with Crippen LogP contribution in [-0.2, 0) is 13.1 Å². The van der Waals surface area contributed by atoms with E-state index in [9.17, 15) is 14.3 Å². The molecule has 0 aromatic heterocycles. The van der Waals surface area contributed by atoms with Gasteiger partial charge in [-0.05, 0) is 51.1 Å². The van der Waals surface area contributed by atoms with E-state index in [0.717, 1.165) is 5.56 Å². The molecule has 0 aliphatic carbocycles. The van der Waals surface area contributed by atoms with Crippen LogP contribution in [0.4, 0.5) is 9.18 Å². The van der Waals surface area contributed by atoms with Gasteiger partial charge in [-0.1, -0.05) is 13.0 Å². The van der Waals surface area contributed by atoms with Crippen molar-refractivity contribution >= 4 is 6.03 Å². The van der Waals surface area contributed by atoms with E-state index in [-0.39, 0.29) is 23.9 Å². The molecule has 3 N–H and O–H groups in total. The molecule has 1 aromatic carbocycles. The molecule has 23 heavy (non-hydrogen) atoms. The molecule has 1 aromatic rings. The fourth-order valence-corrected chi connectivity index (χ4v) is 2.38. The number of benzene rings is 1. The van der Waals surface area contributed by atoms with Gasteiger partial charge in [0.25, 0.3) is 0 Å². The minimum atomic E-state index is -0.371. The zero-order valence-corrected chi connectivity index (χ0v) is 14.4. The van der Waals surface area contributed by atoms with E-state index >= 15 is 0 Å². The summed E-state index contributed by atoms with van der Waals surface area (Å²) in [4.78, 5) is 13.7. The summed E-state index contributed by atoms with van der Waals surface area (Å²) < 4.78 is 13.7. The number of hydrogen-bond donors (Lipinski definition) is 3. The molecule has 0 saturated heterocycles. The molecule has 0 radical (unpaired) electrons. The van der Waals surface area contributed by atoms with Gasteiger partial charge in [0.15, 0.2) is 0 Å². The van der Waals surface area contributed by atoms with Crippen molar-refractivity contribution in [2.24, 2.45) is 5.92 Å². The zero-order valence-electron chi connectivity index (χ0n) is 14.4. The maximum absolute atomic E-state index is 13.7. The molecule has 130 valence electrons. The van der Waals surface area contributed by atoms with Crippen molar-refractivity contribution in [3.05, 3.63) is 35.1 Å². The Morgan fingerprint density at radius 3 is 2.61 bits per heavy atom. The quantitative estimate of drug-likeness (QED) is 0.686. The van der Waals surface area contributed by atoms with Crippen molar-refractivity contribution in [2.75, 3.05) is 20.6 Å². The number of halogens is 1. The normalized spacial score (nSPS) is 13.7. The molecule has 2 amide bonds. The lowest BCUT2D eigenvalue weighted by Crippen LogP contribution is -2.37. The van der Waals surface area contributed by atoms with E-state index in [1.165, 1.54) is 6.07 Å². The lowest BCUT2D eigenvalue weighted by molar-refractivity contribution is 0.163. The van der Waals surface area contributed by atoms with Crippen LogP contribution in [0.2, 0.25) is 0 Å². The van der Waals surface area contributed by atoms with Gasteiger partial charge in [0.05, 0.1) is 6.10 Å². The Hall–Kier alpha value is -1.66.